The lowest BCUT2D eigenvalue weighted by Crippen LogP contribution is -2.29. The lowest BCUT2D eigenvalue weighted by molar-refractivity contribution is 0.559. The van der Waals surface area contributed by atoms with E-state index in [0.717, 1.165) is 0 Å². The quantitative estimate of drug-likeness (QED) is 0.674. The Morgan fingerprint density at radius 3 is 2.42 bits per heavy atom. The molecule has 0 radical (unpaired) electrons. The van der Waals surface area contributed by atoms with Crippen LogP contribution in [0, 0.1) is 5.92 Å². The smallest absolute Gasteiger partial charge is 0.211 e. The molecule has 0 bridgehead atoms. The van der Waals surface area contributed by atoms with Crippen LogP contribution in [0.2, 0.25) is 0 Å². The van der Waals surface area contributed by atoms with Crippen molar-refractivity contribution in [1.29, 1.82) is 0 Å². The molecule has 0 unspecified atom stereocenters. The third-order valence-corrected chi connectivity index (χ3v) is 2.96. The average molecular weight is 214 g/mol. The Kier molecular flexibility index (Phi) is 5.88. The van der Waals surface area contributed by atoms with Crippen molar-refractivity contribution in [2.24, 2.45) is 5.92 Å². The molecule has 0 amide bonds. The van der Waals surface area contributed by atoms with E-state index in [1.165, 1.54) is 0 Å². The maximum Gasteiger partial charge on any atom is 0.211 e. The first kappa shape index (κ1) is 12.2. The SMILES string of the molecule is CC(C)CNS(=O)(=O)CCCCl. The zero-order valence-corrected chi connectivity index (χ0v) is 9.08. The molecule has 1 N–H and O–H groups in total. The summed E-state index contributed by atoms with van der Waals surface area (Å²) >= 11 is 5.38. The van der Waals surface area contributed by atoms with E-state index in [0.29, 0.717) is 24.8 Å². The summed E-state index contributed by atoms with van der Waals surface area (Å²) in [6.45, 7) is 4.43. The van der Waals surface area contributed by atoms with Gasteiger partial charge in [-0.2, -0.15) is 0 Å². The summed E-state index contributed by atoms with van der Waals surface area (Å²) < 4.78 is 24.8. The van der Waals surface area contributed by atoms with Gasteiger partial charge in [0.25, 0.3) is 0 Å². The third-order valence-electron chi connectivity index (χ3n) is 1.26. The van der Waals surface area contributed by atoms with Crippen LogP contribution >= 0.6 is 11.6 Å². The first-order valence-corrected chi connectivity index (χ1v) is 6.20. The number of alkyl halides is 1. The molecule has 0 aliphatic heterocycles. The zero-order valence-electron chi connectivity index (χ0n) is 7.51. The van der Waals surface area contributed by atoms with E-state index in [9.17, 15) is 8.42 Å². The van der Waals surface area contributed by atoms with Crippen LogP contribution < -0.4 is 4.72 Å². The molecule has 3 nitrogen and oxygen atoms in total. The van der Waals surface area contributed by atoms with E-state index in [-0.39, 0.29) is 5.75 Å². The van der Waals surface area contributed by atoms with Gasteiger partial charge in [0, 0.05) is 12.4 Å². The first-order chi connectivity index (χ1) is 5.48. The minimum atomic E-state index is -3.07. The second kappa shape index (κ2) is 5.78. The molecule has 0 aromatic heterocycles. The number of hydrogen-bond donors (Lipinski definition) is 1. The van der Waals surface area contributed by atoms with Crippen LogP contribution in [-0.4, -0.2) is 26.6 Å². The summed E-state index contributed by atoms with van der Waals surface area (Å²) in [6.07, 6.45) is 0.509. The molecule has 0 aromatic carbocycles. The standard InChI is InChI=1S/C7H16ClNO2S/c1-7(2)6-9-12(10,11)5-3-4-8/h7,9H,3-6H2,1-2H3. The van der Waals surface area contributed by atoms with E-state index in [1.54, 1.807) is 0 Å². The number of sulfonamides is 1. The molecule has 0 saturated carbocycles. The number of nitrogens with one attached hydrogen (secondary N) is 1. The number of rotatable bonds is 6. The highest BCUT2D eigenvalue weighted by molar-refractivity contribution is 7.89. The van der Waals surface area contributed by atoms with Gasteiger partial charge < -0.3 is 0 Å². The lowest BCUT2D eigenvalue weighted by atomic mass is 10.2. The van der Waals surface area contributed by atoms with Gasteiger partial charge in [-0.1, -0.05) is 13.8 Å². The molecule has 0 rings (SSSR count). The van der Waals surface area contributed by atoms with Crippen molar-refractivity contribution >= 4 is 21.6 Å². The first-order valence-electron chi connectivity index (χ1n) is 4.01. The molecule has 0 fully saturated rings. The summed E-state index contributed by atoms with van der Waals surface area (Å²) in [4.78, 5) is 0. The Hall–Kier alpha value is 0.200. The lowest BCUT2D eigenvalue weighted by Gasteiger charge is -2.07. The molecule has 5 heteroatoms. The van der Waals surface area contributed by atoms with Gasteiger partial charge in [0.15, 0.2) is 0 Å². The molecule has 12 heavy (non-hydrogen) atoms. The Morgan fingerprint density at radius 1 is 1.42 bits per heavy atom. The largest absolute Gasteiger partial charge is 0.215 e. The van der Waals surface area contributed by atoms with Gasteiger partial charge in [0.2, 0.25) is 10.0 Å². The van der Waals surface area contributed by atoms with E-state index in [4.69, 9.17) is 11.6 Å². The fourth-order valence-corrected chi connectivity index (χ4v) is 2.16. The van der Waals surface area contributed by atoms with E-state index >= 15 is 0 Å². The minimum absolute atomic E-state index is 0.128. The highest BCUT2D eigenvalue weighted by Gasteiger charge is 2.08. The molecule has 0 aliphatic rings. The highest BCUT2D eigenvalue weighted by atomic mass is 35.5. The van der Waals surface area contributed by atoms with Crippen molar-refractivity contribution in [3.63, 3.8) is 0 Å². The topological polar surface area (TPSA) is 46.2 Å². The van der Waals surface area contributed by atoms with Gasteiger partial charge in [-0.3, -0.25) is 0 Å². The van der Waals surface area contributed by atoms with E-state index in [1.807, 2.05) is 13.8 Å². The van der Waals surface area contributed by atoms with Gasteiger partial charge in [0.05, 0.1) is 5.75 Å². The summed E-state index contributed by atoms with van der Waals surface area (Å²) in [5.41, 5.74) is 0. The predicted octanol–water partition coefficient (Wildman–Crippen LogP) is 1.19. The van der Waals surface area contributed by atoms with Crippen LogP contribution in [0.5, 0.6) is 0 Å². The van der Waals surface area contributed by atoms with Gasteiger partial charge in [0.1, 0.15) is 0 Å². The normalized spacial score (nSPS) is 12.3. The monoisotopic (exact) mass is 213 g/mol. The van der Waals surface area contributed by atoms with Crippen molar-refractivity contribution in [3.05, 3.63) is 0 Å². The Labute approximate surface area is 79.5 Å². The van der Waals surface area contributed by atoms with E-state index in [2.05, 4.69) is 4.72 Å². The third kappa shape index (κ3) is 6.88. The molecule has 74 valence electrons. The Bertz CT molecular complexity index is 201. The highest BCUT2D eigenvalue weighted by Crippen LogP contribution is 1.94. The van der Waals surface area contributed by atoms with Gasteiger partial charge in [-0.15, -0.1) is 11.6 Å². The Balaban J connectivity index is 3.73. The molecule has 0 aromatic rings. The van der Waals surface area contributed by atoms with Gasteiger partial charge in [-0.05, 0) is 12.3 Å². The summed E-state index contributed by atoms with van der Waals surface area (Å²) in [5, 5.41) is 0. The number of halogens is 1. The predicted molar refractivity (Wildman–Crippen MR) is 52.0 cm³/mol. The van der Waals surface area contributed by atoms with Crippen LogP contribution in [-0.2, 0) is 10.0 Å². The van der Waals surface area contributed by atoms with Crippen molar-refractivity contribution in [2.75, 3.05) is 18.2 Å². The molecule has 0 heterocycles. The summed E-state index contributed by atoms with van der Waals surface area (Å²) in [6, 6.07) is 0. The van der Waals surface area contributed by atoms with Crippen LogP contribution in [0.4, 0.5) is 0 Å². The zero-order chi connectivity index (χ0) is 9.61. The van der Waals surface area contributed by atoms with Crippen molar-refractivity contribution in [1.82, 2.24) is 4.72 Å². The van der Waals surface area contributed by atoms with Crippen LogP contribution in [0.3, 0.4) is 0 Å². The maximum atomic E-state index is 11.1. The molecule has 0 saturated heterocycles. The molecular formula is C7H16ClNO2S. The molecular weight excluding hydrogens is 198 g/mol. The molecule has 0 atom stereocenters. The van der Waals surface area contributed by atoms with Crippen LogP contribution in [0.25, 0.3) is 0 Å². The van der Waals surface area contributed by atoms with E-state index < -0.39 is 10.0 Å². The fourth-order valence-electron chi connectivity index (χ4n) is 0.610. The van der Waals surface area contributed by atoms with Crippen LogP contribution in [0.15, 0.2) is 0 Å². The summed E-state index contributed by atoms with van der Waals surface area (Å²) in [5.74, 6) is 0.863. The van der Waals surface area contributed by atoms with Crippen LogP contribution in [0.1, 0.15) is 20.3 Å². The molecule has 0 spiro atoms. The van der Waals surface area contributed by atoms with Crippen molar-refractivity contribution in [2.45, 2.75) is 20.3 Å². The van der Waals surface area contributed by atoms with Gasteiger partial charge in [-0.25, -0.2) is 13.1 Å². The fraction of sp³-hybridized carbons (Fsp3) is 1.00. The summed E-state index contributed by atoms with van der Waals surface area (Å²) in [7, 11) is -3.07. The number of hydrogen-bond acceptors (Lipinski definition) is 2. The minimum Gasteiger partial charge on any atom is -0.215 e. The second-order valence-corrected chi connectivity index (χ2v) is 5.41. The van der Waals surface area contributed by atoms with Crippen molar-refractivity contribution < 1.29 is 8.42 Å². The van der Waals surface area contributed by atoms with Gasteiger partial charge >= 0.3 is 0 Å². The Morgan fingerprint density at radius 2 is 2.00 bits per heavy atom. The second-order valence-electron chi connectivity index (χ2n) is 3.10. The maximum absolute atomic E-state index is 11.1. The van der Waals surface area contributed by atoms with Crippen molar-refractivity contribution in [3.8, 4) is 0 Å². The average Bonchev–Trinajstić information content (AvgIpc) is 1.98. The molecule has 0 aliphatic carbocycles.